The number of hydrogen-bond donors (Lipinski definition) is 0. The SMILES string of the molecule is COc1ccccc1C(=O)COC(=O)C1CCN(C(=O)c2ccccc2C)CC1. The van der Waals surface area contributed by atoms with Crippen LogP contribution in [0.4, 0.5) is 0 Å². The van der Waals surface area contributed by atoms with Crippen molar-refractivity contribution in [2.24, 2.45) is 5.92 Å². The van der Waals surface area contributed by atoms with Crippen molar-refractivity contribution < 1.29 is 23.9 Å². The Balaban J connectivity index is 1.51. The molecule has 0 radical (unpaired) electrons. The van der Waals surface area contributed by atoms with E-state index in [4.69, 9.17) is 9.47 Å². The largest absolute Gasteiger partial charge is 0.496 e. The lowest BCUT2D eigenvalue weighted by Crippen LogP contribution is -2.41. The van der Waals surface area contributed by atoms with Crippen molar-refractivity contribution in [3.63, 3.8) is 0 Å². The molecule has 1 aliphatic heterocycles. The predicted molar refractivity (Wildman–Crippen MR) is 108 cm³/mol. The van der Waals surface area contributed by atoms with Crippen LogP contribution in [-0.2, 0) is 9.53 Å². The number of esters is 1. The van der Waals surface area contributed by atoms with Gasteiger partial charge in [0.2, 0.25) is 5.78 Å². The number of amides is 1. The molecule has 0 spiro atoms. The number of likely N-dealkylation sites (tertiary alicyclic amines) is 1. The van der Waals surface area contributed by atoms with Gasteiger partial charge in [-0.15, -0.1) is 0 Å². The summed E-state index contributed by atoms with van der Waals surface area (Å²) in [7, 11) is 1.49. The van der Waals surface area contributed by atoms with Crippen molar-refractivity contribution in [3.05, 3.63) is 65.2 Å². The molecule has 29 heavy (non-hydrogen) atoms. The van der Waals surface area contributed by atoms with Crippen molar-refractivity contribution >= 4 is 17.7 Å². The number of ether oxygens (including phenoxy) is 2. The van der Waals surface area contributed by atoms with Crippen LogP contribution in [0.5, 0.6) is 5.75 Å². The minimum absolute atomic E-state index is 0.0127. The number of para-hydroxylation sites is 1. The Labute approximate surface area is 170 Å². The van der Waals surface area contributed by atoms with E-state index in [0.29, 0.717) is 42.8 Å². The zero-order chi connectivity index (χ0) is 20.8. The fraction of sp³-hybridized carbons (Fsp3) is 0.348. The van der Waals surface area contributed by atoms with Crippen molar-refractivity contribution in [3.8, 4) is 5.75 Å². The minimum atomic E-state index is -0.392. The maximum atomic E-state index is 12.7. The number of carbonyl (C=O) groups is 3. The molecule has 1 heterocycles. The highest BCUT2D eigenvalue weighted by molar-refractivity contribution is 6.00. The summed E-state index contributed by atoms with van der Waals surface area (Å²) in [4.78, 5) is 39.2. The summed E-state index contributed by atoms with van der Waals surface area (Å²) in [6.45, 7) is 2.58. The third-order valence-electron chi connectivity index (χ3n) is 5.24. The molecule has 152 valence electrons. The van der Waals surface area contributed by atoms with E-state index < -0.39 is 5.97 Å². The number of carbonyl (C=O) groups excluding carboxylic acids is 3. The lowest BCUT2D eigenvalue weighted by molar-refractivity contribution is -0.148. The Bertz CT molecular complexity index is 900. The van der Waals surface area contributed by atoms with Gasteiger partial charge in [0.15, 0.2) is 6.61 Å². The first-order chi connectivity index (χ1) is 14.0. The quantitative estimate of drug-likeness (QED) is 0.554. The minimum Gasteiger partial charge on any atom is -0.496 e. The van der Waals surface area contributed by atoms with E-state index in [-0.39, 0.29) is 24.2 Å². The number of rotatable bonds is 6. The van der Waals surface area contributed by atoms with Crippen molar-refractivity contribution in [2.75, 3.05) is 26.8 Å². The van der Waals surface area contributed by atoms with Gasteiger partial charge < -0.3 is 14.4 Å². The number of ketones is 1. The van der Waals surface area contributed by atoms with E-state index in [1.807, 2.05) is 31.2 Å². The number of hydrogen-bond acceptors (Lipinski definition) is 5. The maximum Gasteiger partial charge on any atom is 0.309 e. The standard InChI is InChI=1S/C23H25NO5/c1-16-7-3-4-8-18(16)22(26)24-13-11-17(12-14-24)23(27)29-15-20(25)19-9-5-6-10-21(19)28-2/h3-10,17H,11-15H2,1-2H3. The predicted octanol–water partition coefficient (Wildman–Crippen LogP) is 3.28. The molecule has 0 aromatic heterocycles. The van der Waals surface area contributed by atoms with Gasteiger partial charge in [-0.25, -0.2) is 0 Å². The first-order valence-electron chi connectivity index (χ1n) is 9.69. The molecule has 0 saturated carbocycles. The first-order valence-corrected chi connectivity index (χ1v) is 9.69. The van der Waals surface area contributed by atoms with Crippen LogP contribution in [0.1, 0.15) is 39.1 Å². The van der Waals surface area contributed by atoms with Gasteiger partial charge in [-0.1, -0.05) is 30.3 Å². The molecule has 2 aromatic carbocycles. The van der Waals surface area contributed by atoms with E-state index >= 15 is 0 Å². The summed E-state index contributed by atoms with van der Waals surface area (Å²) in [5.41, 5.74) is 2.02. The fourth-order valence-electron chi connectivity index (χ4n) is 3.51. The lowest BCUT2D eigenvalue weighted by Gasteiger charge is -2.31. The van der Waals surface area contributed by atoms with Gasteiger partial charge in [-0.2, -0.15) is 0 Å². The third kappa shape index (κ3) is 4.83. The zero-order valence-electron chi connectivity index (χ0n) is 16.7. The lowest BCUT2D eigenvalue weighted by atomic mass is 9.96. The zero-order valence-corrected chi connectivity index (χ0v) is 16.7. The van der Waals surface area contributed by atoms with E-state index in [2.05, 4.69) is 0 Å². The maximum absolute atomic E-state index is 12.7. The molecule has 1 amide bonds. The molecule has 6 nitrogen and oxygen atoms in total. The number of Topliss-reactive ketones (excluding diaryl/α,β-unsaturated/α-hetero) is 1. The second-order valence-electron chi connectivity index (χ2n) is 7.11. The van der Waals surface area contributed by atoms with E-state index in [1.165, 1.54) is 7.11 Å². The van der Waals surface area contributed by atoms with Crippen molar-refractivity contribution in [1.29, 1.82) is 0 Å². The molecule has 0 bridgehead atoms. The summed E-state index contributed by atoms with van der Waals surface area (Å²) in [6.07, 6.45) is 1.05. The molecular formula is C23H25NO5. The van der Waals surface area contributed by atoms with Crippen LogP contribution in [0.2, 0.25) is 0 Å². The second kappa shape index (κ2) is 9.37. The molecule has 0 N–H and O–H groups in total. The number of piperidine rings is 1. The normalized spacial score (nSPS) is 14.3. The Morgan fingerprint density at radius 1 is 0.966 bits per heavy atom. The topological polar surface area (TPSA) is 72.9 Å². The van der Waals surface area contributed by atoms with Crippen LogP contribution >= 0.6 is 0 Å². The Hall–Kier alpha value is -3.15. The van der Waals surface area contributed by atoms with Crippen LogP contribution in [0.3, 0.4) is 0 Å². The molecule has 0 aliphatic carbocycles. The van der Waals surface area contributed by atoms with Crippen molar-refractivity contribution in [1.82, 2.24) is 4.90 Å². The molecule has 1 aliphatic rings. The number of nitrogens with zero attached hydrogens (tertiary/aromatic N) is 1. The molecule has 0 unspecified atom stereocenters. The van der Waals surface area contributed by atoms with Crippen LogP contribution < -0.4 is 4.74 Å². The molecular weight excluding hydrogens is 370 g/mol. The number of aryl methyl sites for hydroxylation is 1. The molecule has 1 fully saturated rings. The van der Waals surface area contributed by atoms with Gasteiger partial charge in [0.05, 0.1) is 18.6 Å². The van der Waals surface area contributed by atoms with Gasteiger partial charge in [-0.3, -0.25) is 14.4 Å². The average molecular weight is 395 g/mol. The van der Waals surface area contributed by atoms with Crippen LogP contribution in [0.15, 0.2) is 48.5 Å². The van der Waals surface area contributed by atoms with Gasteiger partial charge in [0, 0.05) is 18.7 Å². The molecule has 0 atom stereocenters. The second-order valence-corrected chi connectivity index (χ2v) is 7.11. The fourth-order valence-corrected chi connectivity index (χ4v) is 3.51. The van der Waals surface area contributed by atoms with Crippen molar-refractivity contribution in [2.45, 2.75) is 19.8 Å². The summed E-state index contributed by atoms with van der Waals surface area (Å²) < 4.78 is 10.4. The summed E-state index contributed by atoms with van der Waals surface area (Å²) >= 11 is 0. The Kier molecular flexibility index (Phi) is 6.65. The number of benzene rings is 2. The average Bonchev–Trinajstić information content (AvgIpc) is 2.77. The summed E-state index contributed by atoms with van der Waals surface area (Å²) in [5.74, 6) is -0.557. The molecule has 3 rings (SSSR count). The highest BCUT2D eigenvalue weighted by Crippen LogP contribution is 2.22. The third-order valence-corrected chi connectivity index (χ3v) is 5.24. The first kappa shape index (κ1) is 20.6. The highest BCUT2D eigenvalue weighted by Gasteiger charge is 2.29. The number of methoxy groups -OCH3 is 1. The Morgan fingerprint density at radius 3 is 2.24 bits per heavy atom. The highest BCUT2D eigenvalue weighted by atomic mass is 16.5. The molecule has 6 heteroatoms. The van der Waals surface area contributed by atoms with E-state index in [1.54, 1.807) is 29.2 Å². The van der Waals surface area contributed by atoms with Gasteiger partial charge >= 0.3 is 5.97 Å². The van der Waals surface area contributed by atoms with Gasteiger partial charge in [0.25, 0.3) is 5.91 Å². The van der Waals surface area contributed by atoms with Crippen LogP contribution in [0, 0.1) is 12.8 Å². The Morgan fingerprint density at radius 2 is 1.59 bits per heavy atom. The van der Waals surface area contributed by atoms with Crippen LogP contribution in [0.25, 0.3) is 0 Å². The van der Waals surface area contributed by atoms with E-state index in [0.717, 1.165) is 5.56 Å². The summed E-state index contributed by atoms with van der Waals surface area (Å²) in [6, 6.07) is 14.3. The molecule has 1 saturated heterocycles. The monoisotopic (exact) mass is 395 g/mol. The van der Waals surface area contributed by atoms with Gasteiger partial charge in [0.1, 0.15) is 5.75 Å². The van der Waals surface area contributed by atoms with Gasteiger partial charge in [-0.05, 0) is 43.5 Å². The smallest absolute Gasteiger partial charge is 0.309 e. The molecule has 2 aromatic rings. The summed E-state index contributed by atoms with van der Waals surface area (Å²) in [5, 5.41) is 0. The van der Waals surface area contributed by atoms with Crippen LogP contribution in [-0.4, -0.2) is 49.4 Å². The van der Waals surface area contributed by atoms with E-state index in [9.17, 15) is 14.4 Å².